The summed E-state index contributed by atoms with van der Waals surface area (Å²) in [6.45, 7) is -0.0796. The lowest BCUT2D eigenvalue weighted by Crippen LogP contribution is -2.03. The quantitative estimate of drug-likeness (QED) is 0.557. The smallest absolute Gasteiger partial charge is 0.328 e. The Labute approximate surface area is 58.1 Å². The summed E-state index contributed by atoms with van der Waals surface area (Å²) in [6, 6.07) is 0. The van der Waals surface area contributed by atoms with Gasteiger partial charge in [0.15, 0.2) is 5.78 Å². The third-order valence-electron chi connectivity index (χ3n) is 0.698. The first-order valence-electron chi connectivity index (χ1n) is 2.59. The summed E-state index contributed by atoms with van der Waals surface area (Å²) >= 11 is 0. The first kappa shape index (κ1) is 8.84. The number of aliphatic carboxylic acids is 1. The van der Waals surface area contributed by atoms with Gasteiger partial charge in [0.25, 0.3) is 0 Å². The SMILES string of the molecule is COCC(=O)/C=C/C(=O)O. The van der Waals surface area contributed by atoms with Gasteiger partial charge in [-0.1, -0.05) is 0 Å². The fourth-order valence-electron chi connectivity index (χ4n) is 0.355. The van der Waals surface area contributed by atoms with Crippen molar-refractivity contribution in [2.45, 2.75) is 0 Å². The standard InChI is InChI=1S/C6H8O4/c1-10-4-5(7)2-3-6(8)9/h2-3H,4H2,1H3,(H,8,9)/b3-2+. The molecule has 0 aliphatic heterocycles. The maximum atomic E-state index is 10.5. The summed E-state index contributed by atoms with van der Waals surface area (Å²) in [5.74, 6) is -1.49. The minimum absolute atomic E-state index is 0.0796. The molecule has 0 radical (unpaired) electrons. The Kier molecular flexibility index (Phi) is 4.15. The monoisotopic (exact) mass is 144 g/mol. The van der Waals surface area contributed by atoms with E-state index < -0.39 is 5.97 Å². The number of methoxy groups -OCH3 is 1. The van der Waals surface area contributed by atoms with Crippen molar-refractivity contribution >= 4 is 11.8 Å². The van der Waals surface area contributed by atoms with Crippen molar-refractivity contribution in [3.63, 3.8) is 0 Å². The molecule has 0 atom stereocenters. The second-order valence-corrected chi connectivity index (χ2v) is 1.57. The molecule has 0 fully saturated rings. The Morgan fingerprint density at radius 3 is 2.50 bits per heavy atom. The number of ether oxygens (including phenoxy) is 1. The lowest BCUT2D eigenvalue weighted by Gasteiger charge is -1.88. The van der Waals surface area contributed by atoms with Crippen LogP contribution in [0.4, 0.5) is 0 Å². The molecule has 0 spiro atoms. The van der Waals surface area contributed by atoms with Crippen LogP contribution in [-0.2, 0) is 14.3 Å². The van der Waals surface area contributed by atoms with Crippen LogP contribution >= 0.6 is 0 Å². The van der Waals surface area contributed by atoms with Crippen LogP contribution in [0.25, 0.3) is 0 Å². The summed E-state index contributed by atoms with van der Waals surface area (Å²) < 4.78 is 4.44. The van der Waals surface area contributed by atoms with E-state index in [1.54, 1.807) is 0 Å². The first-order chi connectivity index (χ1) is 4.66. The van der Waals surface area contributed by atoms with Crippen molar-refractivity contribution in [1.29, 1.82) is 0 Å². The predicted octanol–water partition coefficient (Wildman–Crippen LogP) is -0.157. The van der Waals surface area contributed by atoms with Crippen molar-refractivity contribution in [2.75, 3.05) is 13.7 Å². The molecular weight excluding hydrogens is 136 g/mol. The van der Waals surface area contributed by atoms with Gasteiger partial charge in [0, 0.05) is 13.2 Å². The molecule has 0 aliphatic carbocycles. The van der Waals surface area contributed by atoms with Crippen molar-refractivity contribution in [2.24, 2.45) is 0 Å². The van der Waals surface area contributed by atoms with Crippen LogP contribution in [0.15, 0.2) is 12.2 Å². The number of hydrogen-bond donors (Lipinski definition) is 1. The van der Waals surface area contributed by atoms with E-state index >= 15 is 0 Å². The Bertz CT molecular complexity index is 159. The average molecular weight is 144 g/mol. The molecule has 0 aromatic carbocycles. The Hall–Kier alpha value is -1.16. The van der Waals surface area contributed by atoms with Crippen LogP contribution in [0.3, 0.4) is 0 Å². The number of rotatable bonds is 4. The van der Waals surface area contributed by atoms with E-state index in [1.807, 2.05) is 0 Å². The molecule has 0 bridgehead atoms. The summed E-state index contributed by atoms with van der Waals surface area (Å²) in [7, 11) is 1.37. The van der Waals surface area contributed by atoms with Crippen LogP contribution in [0.5, 0.6) is 0 Å². The normalized spacial score (nSPS) is 10.1. The zero-order valence-electron chi connectivity index (χ0n) is 5.53. The van der Waals surface area contributed by atoms with E-state index in [9.17, 15) is 9.59 Å². The zero-order valence-corrected chi connectivity index (χ0v) is 5.53. The number of carbonyl (C=O) groups is 2. The van der Waals surface area contributed by atoms with Crippen molar-refractivity contribution in [3.8, 4) is 0 Å². The highest BCUT2D eigenvalue weighted by Gasteiger charge is 1.94. The van der Waals surface area contributed by atoms with Gasteiger partial charge in [-0.25, -0.2) is 4.79 Å². The second kappa shape index (κ2) is 4.69. The second-order valence-electron chi connectivity index (χ2n) is 1.57. The van der Waals surface area contributed by atoms with Gasteiger partial charge in [-0.3, -0.25) is 4.79 Å². The molecule has 0 aromatic rings. The van der Waals surface area contributed by atoms with Gasteiger partial charge >= 0.3 is 5.97 Å². The highest BCUT2D eigenvalue weighted by molar-refractivity contribution is 5.95. The van der Waals surface area contributed by atoms with Gasteiger partial charge in [-0.15, -0.1) is 0 Å². The average Bonchev–Trinajstić information content (AvgIpc) is 1.85. The van der Waals surface area contributed by atoms with Crippen molar-refractivity contribution < 1.29 is 19.4 Å². The molecule has 0 heterocycles. The largest absolute Gasteiger partial charge is 0.478 e. The van der Waals surface area contributed by atoms with Crippen LogP contribution in [-0.4, -0.2) is 30.6 Å². The molecule has 4 nitrogen and oxygen atoms in total. The van der Waals surface area contributed by atoms with Crippen LogP contribution in [0, 0.1) is 0 Å². The van der Waals surface area contributed by atoms with Gasteiger partial charge in [0.1, 0.15) is 6.61 Å². The maximum absolute atomic E-state index is 10.5. The minimum atomic E-state index is -1.13. The molecule has 1 N–H and O–H groups in total. The van der Waals surface area contributed by atoms with E-state index in [4.69, 9.17) is 5.11 Å². The van der Waals surface area contributed by atoms with E-state index in [-0.39, 0.29) is 12.4 Å². The fourth-order valence-corrected chi connectivity index (χ4v) is 0.355. The molecular formula is C6H8O4. The van der Waals surface area contributed by atoms with Gasteiger partial charge < -0.3 is 9.84 Å². The van der Waals surface area contributed by atoms with Crippen LogP contribution in [0.1, 0.15) is 0 Å². The molecule has 10 heavy (non-hydrogen) atoms. The molecule has 0 saturated carbocycles. The van der Waals surface area contributed by atoms with E-state index in [0.29, 0.717) is 0 Å². The number of carboxylic acid groups (broad SMARTS) is 1. The number of ketones is 1. The fraction of sp³-hybridized carbons (Fsp3) is 0.333. The Morgan fingerprint density at radius 1 is 1.50 bits per heavy atom. The summed E-state index contributed by atoms with van der Waals surface area (Å²) in [5, 5.41) is 8.05. The van der Waals surface area contributed by atoms with E-state index in [2.05, 4.69) is 4.74 Å². The van der Waals surface area contributed by atoms with Crippen LogP contribution < -0.4 is 0 Å². The van der Waals surface area contributed by atoms with Gasteiger partial charge in [0.05, 0.1) is 0 Å². The van der Waals surface area contributed by atoms with E-state index in [1.165, 1.54) is 7.11 Å². The molecule has 0 saturated heterocycles. The number of carbonyl (C=O) groups excluding carboxylic acids is 1. The Morgan fingerprint density at radius 2 is 2.10 bits per heavy atom. The van der Waals surface area contributed by atoms with Crippen molar-refractivity contribution in [3.05, 3.63) is 12.2 Å². The van der Waals surface area contributed by atoms with Crippen molar-refractivity contribution in [1.82, 2.24) is 0 Å². The summed E-state index contributed by atoms with van der Waals surface area (Å²) in [4.78, 5) is 20.3. The molecule has 4 heteroatoms. The van der Waals surface area contributed by atoms with E-state index in [0.717, 1.165) is 12.2 Å². The van der Waals surface area contributed by atoms with Gasteiger partial charge in [-0.2, -0.15) is 0 Å². The zero-order chi connectivity index (χ0) is 7.98. The molecule has 0 rings (SSSR count). The molecule has 0 aromatic heterocycles. The lowest BCUT2D eigenvalue weighted by molar-refractivity contribution is -0.131. The predicted molar refractivity (Wildman–Crippen MR) is 33.7 cm³/mol. The highest BCUT2D eigenvalue weighted by atomic mass is 16.5. The lowest BCUT2D eigenvalue weighted by atomic mass is 10.4. The highest BCUT2D eigenvalue weighted by Crippen LogP contribution is 1.78. The van der Waals surface area contributed by atoms with Crippen LogP contribution in [0.2, 0.25) is 0 Å². The Balaban J connectivity index is 3.67. The van der Waals surface area contributed by atoms with Gasteiger partial charge in [0.2, 0.25) is 0 Å². The maximum Gasteiger partial charge on any atom is 0.328 e. The third-order valence-corrected chi connectivity index (χ3v) is 0.698. The topological polar surface area (TPSA) is 63.6 Å². The molecule has 0 aliphatic rings. The third kappa shape index (κ3) is 4.99. The van der Waals surface area contributed by atoms with Gasteiger partial charge in [-0.05, 0) is 6.08 Å². The minimum Gasteiger partial charge on any atom is -0.478 e. The number of carboxylic acids is 1. The molecule has 0 unspecified atom stereocenters. The first-order valence-corrected chi connectivity index (χ1v) is 2.59. The summed E-state index contributed by atoms with van der Waals surface area (Å²) in [6.07, 6.45) is 1.74. The molecule has 0 amide bonds. The number of hydrogen-bond acceptors (Lipinski definition) is 3. The molecule has 56 valence electrons. The summed E-state index contributed by atoms with van der Waals surface area (Å²) in [5.41, 5.74) is 0.